The normalized spacial score (nSPS) is 15.5. The van der Waals surface area contributed by atoms with Gasteiger partial charge in [0.05, 0.1) is 16.7 Å². The molecule has 0 bridgehead atoms. The van der Waals surface area contributed by atoms with Gasteiger partial charge in [-0.25, -0.2) is 4.98 Å². The van der Waals surface area contributed by atoms with Gasteiger partial charge in [-0.05, 0) is 43.4 Å². The molecule has 1 aliphatic rings. The second kappa shape index (κ2) is 7.16. The molecule has 1 fully saturated rings. The fourth-order valence-electron chi connectivity index (χ4n) is 3.81. The first-order valence-corrected chi connectivity index (χ1v) is 10.1. The van der Waals surface area contributed by atoms with Crippen LogP contribution in [0, 0.1) is 5.92 Å². The van der Waals surface area contributed by atoms with Gasteiger partial charge >= 0.3 is 0 Å². The Morgan fingerprint density at radius 2 is 2.04 bits per heavy atom. The molecule has 3 aromatic rings. The van der Waals surface area contributed by atoms with Crippen molar-refractivity contribution in [3.8, 4) is 11.3 Å². The molecule has 4 nitrogen and oxygen atoms in total. The molecule has 0 spiro atoms. The zero-order chi connectivity index (χ0) is 18.3. The zero-order valence-corrected chi connectivity index (χ0v) is 16.6. The van der Waals surface area contributed by atoms with Gasteiger partial charge in [0.15, 0.2) is 0 Å². The third kappa shape index (κ3) is 3.10. The minimum Gasteiger partial charge on any atom is -0.323 e. The summed E-state index contributed by atoms with van der Waals surface area (Å²) in [6.07, 6.45) is 7.68. The van der Waals surface area contributed by atoms with Crippen LogP contribution in [0.15, 0.2) is 24.4 Å². The molecule has 2 heterocycles. The number of halogens is 2. The molecule has 136 valence electrons. The third-order valence-electron chi connectivity index (χ3n) is 5.17. The summed E-state index contributed by atoms with van der Waals surface area (Å²) >= 11 is 12.5. The van der Waals surface area contributed by atoms with E-state index in [4.69, 9.17) is 28.2 Å². The highest BCUT2D eigenvalue weighted by molar-refractivity contribution is 6.36. The van der Waals surface area contributed by atoms with E-state index < -0.39 is 0 Å². The number of aromatic nitrogens is 4. The molecule has 1 aliphatic carbocycles. The monoisotopic (exact) mass is 388 g/mol. The number of aryl methyl sites for hydroxylation is 1. The van der Waals surface area contributed by atoms with Crippen molar-refractivity contribution in [1.82, 2.24) is 19.7 Å². The van der Waals surface area contributed by atoms with E-state index in [0.29, 0.717) is 16.1 Å². The highest BCUT2D eigenvalue weighted by atomic mass is 35.5. The Balaban J connectivity index is 1.92. The number of hydrogen-bond acceptors (Lipinski definition) is 3. The Kier molecular flexibility index (Phi) is 4.89. The van der Waals surface area contributed by atoms with Crippen LogP contribution in [0.2, 0.25) is 10.0 Å². The van der Waals surface area contributed by atoms with Crippen LogP contribution in [-0.4, -0.2) is 19.7 Å². The van der Waals surface area contributed by atoms with E-state index in [1.807, 2.05) is 18.3 Å². The van der Waals surface area contributed by atoms with E-state index in [1.54, 1.807) is 6.07 Å². The summed E-state index contributed by atoms with van der Waals surface area (Å²) in [7, 11) is 0. The van der Waals surface area contributed by atoms with Crippen LogP contribution < -0.4 is 0 Å². The van der Waals surface area contributed by atoms with Crippen LogP contribution >= 0.6 is 23.2 Å². The van der Waals surface area contributed by atoms with E-state index in [2.05, 4.69) is 28.6 Å². The summed E-state index contributed by atoms with van der Waals surface area (Å²) in [5.74, 6) is 1.86. The number of fused-ring (bicyclic) bond motifs is 1. The number of rotatable bonds is 6. The highest BCUT2D eigenvalue weighted by Crippen LogP contribution is 2.44. The van der Waals surface area contributed by atoms with E-state index in [0.717, 1.165) is 40.5 Å². The van der Waals surface area contributed by atoms with Gasteiger partial charge in [0.2, 0.25) is 0 Å². The molecule has 1 atom stereocenters. The van der Waals surface area contributed by atoms with Crippen molar-refractivity contribution in [2.24, 2.45) is 5.92 Å². The lowest BCUT2D eigenvalue weighted by atomic mass is 10.1. The second-order valence-electron chi connectivity index (χ2n) is 7.00. The van der Waals surface area contributed by atoms with Crippen LogP contribution in [0.3, 0.4) is 0 Å². The predicted octanol–water partition coefficient (Wildman–Crippen LogP) is 6.11. The first-order chi connectivity index (χ1) is 12.6. The quantitative estimate of drug-likeness (QED) is 0.511. The van der Waals surface area contributed by atoms with E-state index >= 15 is 0 Å². The average molecular weight is 389 g/mol. The molecule has 6 heteroatoms. The minimum atomic E-state index is 0.498. The molecule has 0 amide bonds. The molecular formula is C20H22Cl2N4. The van der Waals surface area contributed by atoms with Gasteiger partial charge in [-0.15, -0.1) is 5.10 Å². The predicted molar refractivity (Wildman–Crippen MR) is 107 cm³/mol. The minimum absolute atomic E-state index is 0.498. The topological polar surface area (TPSA) is 43.6 Å². The second-order valence-corrected chi connectivity index (χ2v) is 7.84. The molecule has 1 unspecified atom stereocenters. The number of nitrogens with zero attached hydrogens (tertiary/aromatic N) is 4. The maximum Gasteiger partial charge on any atom is 0.122 e. The van der Waals surface area contributed by atoms with Crippen LogP contribution in [0.4, 0.5) is 0 Å². The fraction of sp³-hybridized carbons (Fsp3) is 0.450. The Morgan fingerprint density at radius 1 is 1.23 bits per heavy atom. The molecule has 0 N–H and O–H groups in total. The molecule has 0 aliphatic heterocycles. The first-order valence-electron chi connectivity index (χ1n) is 9.31. The van der Waals surface area contributed by atoms with Gasteiger partial charge in [0.25, 0.3) is 0 Å². The maximum absolute atomic E-state index is 6.43. The van der Waals surface area contributed by atoms with Crippen molar-refractivity contribution in [3.63, 3.8) is 0 Å². The summed E-state index contributed by atoms with van der Waals surface area (Å²) in [4.78, 5) is 4.95. The smallest absolute Gasteiger partial charge is 0.122 e. The summed E-state index contributed by atoms with van der Waals surface area (Å²) in [6, 6.07) is 5.95. The lowest BCUT2D eigenvalue weighted by Crippen LogP contribution is -2.14. The molecule has 2 aromatic heterocycles. The molecule has 1 aromatic carbocycles. The summed E-state index contributed by atoms with van der Waals surface area (Å²) in [5.41, 5.74) is 3.48. The van der Waals surface area contributed by atoms with Gasteiger partial charge in [-0.2, -0.15) is 5.10 Å². The van der Waals surface area contributed by atoms with E-state index in [-0.39, 0.29) is 0 Å². The zero-order valence-electron chi connectivity index (χ0n) is 15.0. The van der Waals surface area contributed by atoms with E-state index in [1.165, 1.54) is 25.7 Å². The molecule has 0 radical (unpaired) electrons. The van der Waals surface area contributed by atoms with Gasteiger partial charge in [0.1, 0.15) is 17.0 Å². The van der Waals surface area contributed by atoms with Crippen molar-refractivity contribution in [3.05, 3.63) is 40.3 Å². The largest absolute Gasteiger partial charge is 0.323 e. The summed E-state index contributed by atoms with van der Waals surface area (Å²) in [5, 5.41) is 9.83. The first kappa shape index (κ1) is 17.7. The Labute approximate surface area is 163 Å². The Hall–Kier alpha value is -1.65. The van der Waals surface area contributed by atoms with E-state index in [9.17, 15) is 0 Å². The van der Waals surface area contributed by atoms with Gasteiger partial charge < -0.3 is 4.57 Å². The lowest BCUT2D eigenvalue weighted by molar-refractivity contribution is 0.409. The van der Waals surface area contributed by atoms with Gasteiger partial charge in [-0.1, -0.05) is 43.5 Å². The molecule has 0 saturated heterocycles. The van der Waals surface area contributed by atoms with Crippen molar-refractivity contribution in [2.45, 2.75) is 52.0 Å². The molecule has 1 saturated carbocycles. The van der Waals surface area contributed by atoms with Gasteiger partial charge in [-0.3, -0.25) is 0 Å². The lowest BCUT2D eigenvalue weighted by Gasteiger charge is -2.20. The Morgan fingerprint density at radius 3 is 2.69 bits per heavy atom. The van der Waals surface area contributed by atoms with Crippen molar-refractivity contribution >= 4 is 34.2 Å². The number of imidazole rings is 1. The SMILES string of the molecule is CCCC(C1CC1)n1c(CC)nc2c(-c3ccc(Cl)cc3Cl)nncc21. The molecule has 4 rings (SSSR count). The number of hydrogen-bond donors (Lipinski definition) is 0. The fourth-order valence-corrected chi connectivity index (χ4v) is 4.31. The van der Waals surface area contributed by atoms with Crippen LogP contribution in [0.1, 0.15) is 51.4 Å². The Bertz CT molecular complexity index is 946. The molecular weight excluding hydrogens is 367 g/mol. The average Bonchev–Trinajstić information content (AvgIpc) is 3.40. The maximum atomic E-state index is 6.43. The van der Waals surface area contributed by atoms with Crippen molar-refractivity contribution in [2.75, 3.05) is 0 Å². The number of benzene rings is 1. The molecule has 26 heavy (non-hydrogen) atoms. The third-order valence-corrected chi connectivity index (χ3v) is 5.72. The van der Waals surface area contributed by atoms with Gasteiger partial charge in [0, 0.05) is 23.0 Å². The van der Waals surface area contributed by atoms with Crippen molar-refractivity contribution < 1.29 is 0 Å². The standard InChI is InChI=1S/C20H22Cl2N4/c1-3-5-16(12-6-7-12)26-17-11-23-25-19(20(17)24-18(26)4-2)14-9-8-13(21)10-15(14)22/h8-12,16H,3-7H2,1-2H3. The summed E-state index contributed by atoms with van der Waals surface area (Å²) in [6.45, 7) is 4.41. The van der Waals surface area contributed by atoms with Crippen molar-refractivity contribution in [1.29, 1.82) is 0 Å². The van der Waals surface area contributed by atoms with Crippen LogP contribution in [0.5, 0.6) is 0 Å². The van der Waals surface area contributed by atoms with Crippen LogP contribution in [-0.2, 0) is 6.42 Å². The van der Waals surface area contributed by atoms with Crippen LogP contribution in [0.25, 0.3) is 22.3 Å². The highest BCUT2D eigenvalue weighted by Gasteiger charge is 2.34. The summed E-state index contributed by atoms with van der Waals surface area (Å²) < 4.78 is 2.42.